The monoisotopic (exact) mass is 388 g/mol. The predicted molar refractivity (Wildman–Crippen MR) is 105 cm³/mol. The van der Waals surface area contributed by atoms with Crippen molar-refractivity contribution >= 4 is 5.91 Å². The fraction of sp³-hybridized carbons (Fsp3) is 0.476. The van der Waals surface area contributed by atoms with E-state index < -0.39 is 0 Å². The maximum Gasteiger partial charge on any atom is 0.224 e. The highest BCUT2D eigenvalue weighted by molar-refractivity contribution is 5.78. The van der Waals surface area contributed by atoms with Crippen molar-refractivity contribution in [2.75, 3.05) is 47.1 Å². The summed E-state index contributed by atoms with van der Waals surface area (Å²) in [4.78, 5) is 14.8. The van der Waals surface area contributed by atoms with Gasteiger partial charge in [-0.25, -0.2) is 0 Å². The van der Waals surface area contributed by atoms with Crippen LogP contribution >= 0.6 is 0 Å². The average Bonchev–Trinajstić information content (AvgIpc) is 3.14. The van der Waals surface area contributed by atoms with E-state index in [-0.39, 0.29) is 18.4 Å². The smallest absolute Gasteiger partial charge is 0.224 e. The highest BCUT2D eigenvalue weighted by Crippen LogP contribution is 2.28. The van der Waals surface area contributed by atoms with E-state index in [4.69, 9.17) is 18.6 Å². The summed E-state index contributed by atoms with van der Waals surface area (Å²) in [5.41, 5.74) is 0.868. The zero-order valence-corrected chi connectivity index (χ0v) is 16.7. The molecule has 1 aliphatic heterocycles. The van der Waals surface area contributed by atoms with Gasteiger partial charge in [-0.15, -0.1) is 0 Å². The van der Waals surface area contributed by atoms with Crippen LogP contribution in [0.25, 0.3) is 0 Å². The lowest BCUT2D eigenvalue weighted by molar-refractivity contribution is -0.120. The van der Waals surface area contributed by atoms with E-state index >= 15 is 0 Å². The zero-order valence-electron chi connectivity index (χ0n) is 16.7. The summed E-state index contributed by atoms with van der Waals surface area (Å²) >= 11 is 0. The van der Waals surface area contributed by atoms with Gasteiger partial charge in [0.15, 0.2) is 11.5 Å². The fourth-order valence-corrected chi connectivity index (χ4v) is 3.38. The summed E-state index contributed by atoms with van der Waals surface area (Å²) in [5, 5.41) is 3.05. The van der Waals surface area contributed by atoms with E-state index in [1.165, 1.54) is 0 Å². The van der Waals surface area contributed by atoms with Crippen molar-refractivity contribution in [2.24, 2.45) is 0 Å². The van der Waals surface area contributed by atoms with Crippen molar-refractivity contribution in [3.63, 3.8) is 0 Å². The molecule has 2 heterocycles. The summed E-state index contributed by atoms with van der Waals surface area (Å²) in [6.07, 6.45) is 0.271. The van der Waals surface area contributed by atoms with Gasteiger partial charge in [0.1, 0.15) is 11.5 Å². The number of carbonyl (C=O) groups is 1. The molecule has 1 fully saturated rings. The number of nitrogens with zero attached hydrogens (tertiary/aromatic N) is 1. The topological polar surface area (TPSA) is 73.2 Å². The van der Waals surface area contributed by atoms with Gasteiger partial charge in [-0.3, -0.25) is 9.69 Å². The lowest BCUT2D eigenvalue weighted by atomic mass is 10.1. The number of morpholine rings is 1. The van der Waals surface area contributed by atoms with Gasteiger partial charge in [-0.1, -0.05) is 6.07 Å². The van der Waals surface area contributed by atoms with Gasteiger partial charge in [-0.05, 0) is 36.8 Å². The minimum Gasteiger partial charge on any atom is -0.493 e. The van der Waals surface area contributed by atoms with E-state index in [0.717, 1.165) is 30.2 Å². The summed E-state index contributed by atoms with van der Waals surface area (Å²) in [7, 11) is 3.17. The van der Waals surface area contributed by atoms with Crippen LogP contribution in [-0.4, -0.2) is 57.9 Å². The molecular weight excluding hydrogens is 360 g/mol. The molecule has 1 saturated heterocycles. The second-order valence-electron chi connectivity index (χ2n) is 6.78. The number of ether oxygens (including phenoxy) is 3. The molecule has 28 heavy (non-hydrogen) atoms. The minimum atomic E-state index is -0.0474. The third-order valence-electron chi connectivity index (χ3n) is 4.88. The number of methoxy groups -OCH3 is 2. The minimum absolute atomic E-state index is 0.00745. The first kappa shape index (κ1) is 20.2. The average molecular weight is 388 g/mol. The number of aryl methyl sites for hydroxylation is 1. The van der Waals surface area contributed by atoms with E-state index in [2.05, 4.69) is 10.2 Å². The van der Waals surface area contributed by atoms with Gasteiger partial charge in [0, 0.05) is 19.6 Å². The molecule has 7 nitrogen and oxygen atoms in total. The molecule has 0 bridgehead atoms. The van der Waals surface area contributed by atoms with Gasteiger partial charge in [0.05, 0.1) is 39.9 Å². The first-order valence-electron chi connectivity index (χ1n) is 9.46. The van der Waals surface area contributed by atoms with Crippen molar-refractivity contribution in [3.8, 4) is 11.5 Å². The van der Waals surface area contributed by atoms with Crippen LogP contribution in [-0.2, 0) is 16.0 Å². The molecule has 0 saturated carbocycles. The van der Waals surface area contributed by atoms with Gasteiger partial charge in [0.25, 0.3) is 0 Å². The predicted octanol–water partition coefficient (Wildman–Crippen LogP) is 2.34. The Morgan fingerprint density at radius 1 is 1.14 bits per heavy atom. The second kappa shape index (κ2) is 9.61. The fourth-order valence-electron chi connectivity index (χ4n) is 3.38. The lowest BCUT2D eigenvalue weighted by Crippen LogP contribution is -2.44. The highest BCUT2D eigenvalue weighted by Gasteiger charge is 2.25. The van der Waals surface area contributed by atoms with Gasteiger partial charge < -0.3 is 23.9 Å². The third-order valence-corrected chi connectivity index (χ3v) is 4.88. The third kappa shape index (κ3) is 5.05. The highest BCUT2D eigenvalue weighted by atomic mass is 16.5. The molecule has 1 unspecified atom stereocenters. The van der Waals surface area contributed by atoms with Crippen LogP contribution in [0, 0.1) is 6.92 Å². The van der Waals surface area contributed by atoms with Crippen LogP contribution in [0.2, 0.25) is 0 Å². The summed E-state index contributed by atoms with van der Waals surface area (Å²) in [6, 6.07) is 9.43. The SMILES string of the molecule is COc1ccc(CC(=O)NCC(c2ccc(C)o2)N2CCOCC2)cc1OC. The number of carbonyl (C=O) groups excluding carboxylic acids is 1. The molecular formula is C21H28N2O5. The molecule has 0 radical (unpaired) electrons. The number of hydrogen-bond acceptors (Lipinski definition) is 6. The molecule has 1 aromatic carbocycles. The number of furan rings is 1. The van der Waals surface area contributed by atoms with E-state index in [1.54, 1.807) is 14.2 Å². The van der Waals surface area contributed by atoms with E-state index in [0.29, 0.717) is 31.3 Å². The van der Waals surface area contributed by atoms with Crippen molar-refractivity contribution in [1.29, 1.82) is 0 Å². The maximum atomic E-state index is 12.5. The number of rotatable bonds is 8. The molecule has 1 aliphatic rings. The molecule has 152 valence electrons. The maximum absolute atomic E-state index is 12.5. The van der Waals surface area contributed by atoms with Crippen molar-refractivity contribution < 1.29 is 23.4 Å². The van der Waals surface area contributed by atoms with E-state index in [1.807, 2.05) is 37.3 Å². The molecule has 1 amide bonds. The van der Waals surface area contributed by atoms with Crippen molar-refractivity contribution in [3.05, 3.63) is 47.4 Å². The molecule has 2 aromatic rings. The standard InChI is InChI=1S/C21H28N2O5/c1-15-4-6-18(28-15)17(23-8-10-27-11-9-23)14-22-21(24)13-16-5-7-19(25-2)20(12-16)26-3/h4-7,12,17H,8-11,13-14H2,1-3H3,(H,22,24). The molecule has 0 aliphatic carbocycles. The quantitative estimate of drug-likeness (QED) is 0.748. The van der Waals surface area contributed by atoms with Crippen molar-refractivity contribution in [2.45, 2.75) is 19.4 Å². The van der Waals surface area contributed by atoms with Gasteiger partial charge >= 0.3 is 0 Å². The number of nitrogens with one attached hydrogen (secondary N) is 1. The van der Waals surface area contributed by atoms with Gasteiger partial charge in [0.2, 0.25) is 5.91 Å². The van der Waals surface area contributed by atoms with Crippen LogP contribution in [0.4, 0.5) is 0 Å². The van der Waals surface area contributed by atoms with Crippen molar-refractivity contribution in [1.82, 2.24) is 10.2 Å². The summed E-state index contributed by atoms with van der Waals surface area (Å²) in [5.74, 6) is 2.95. The Morgan fingerprint density at radius 2 is 1.89 bits per heavy atom. The number of hydrogen-bond donors (Lipinski definition) is 1. The Hall–Kier alpha value is -2.51. The Bertz CT molecular complexity index is 783. The van der Waals surface area contributed by atoms with Crippen LogP contribution in [0.1, 0.15) is 23.1 Å². The molecule has 0 spiro atoms. The molecule has 1 N–H and O–H groups in total. The Kier molecular flexibility index (Phi) is 6.95. The number of benzene rings is 1. The Balaban J connectivity index is 1.63. The second-order valence-corrected chi connectivity index (χ2v) is 6.78. The Morgan fingerprint density at radius 3 is 2.54 bits per heavy atom. The molecule has 1 aromatic heterocycles. The lowest BCUT2D eigenvalue weighted by Gasteiger charge is -2.33. The van der Waals surface area contributed by atoms with Gasteiger partial charge in [-0.2, -0.15) is 0 Å². The van der Waals surface area contributed by atoms with E-state index in [9.17, 15) is 4.79 Å². The van der Waals surface area contributed by atoms with Crippen LogP contribution in [0.3, 0.4) is 0 Å². The summed E-state index contributed by atoms with van der Waals surface area (Å²) in [6.45, 7) is 5.42. The normalized spacial score (nSPS) is 15.8. The number of amides is 1. The zero-order chi connectivity index (χ0) is 19.9. The van der Waals surface area contributed by atoms with Crippen LogP contribution in [0.15, 0.2) is 34.7 Å². The Labute approximate surface area is 165 Å². The molecule has 3 rings (SSSR count). The molecule has 7 heteroatoms. The van der Waals surface area contributed by atoms with Crippen LogP contribution in [0.5, 0.6) is 11.5 Å². The first-order valence-corrected chi connectivity index (χ1v) is 9.46. The summed E-state index contributed by atoms with van der Waals surface area (Å²) < 4.78 is 21.8. The largest absolute Gasteiger partial charge is 0.493 e. The van der Waals surface area contributed by atoms with Crippen LogP contribution < -0.4 is 14.8 Å². The molecule has 1 atom stereocenters. The first-order chi connectivity index (χ1) is 13.6.